The molecule has 0 saturated carbocycles. The molecule has 2 aliphatic carbocycles. The number of aliphatic hydroxyl groups is 2. The second-order valence-corrected chi connectivity index (χ2v) is 16.0. The van der Waals surface area contributed by atoms with Crippen LogP contribution in [0.25, 0.3) is 0 Å². The van der Waals surface area contributed by atoms with Crippen molar-refractivity contribution in [1.82, 2.24) is 9.80 Å². The van der Waals surface area contributed by atoms with Crippen LogP contribution in [0.15, 0.2) is 18.2 Å². The molecule has 0 amide bonds. The lowest BCUT2D eigenvalue weighted by molar-refractivity contribution is -0.330. The van der Waals surface area contributed by atoms with Gasteiger partial charge in [-0.25, -0.2) is 0 Å². The Morgan fingerprint density at radius 1 is 0.778 bits per heavy atom. The molecule has 2 fully saturated rings. The highest BCUT2D eigenvalue weighted by molar-refractivity contribution is 6.31. The quantitative estimate of drug-likeness (QED) is 0.262. The zero-order valence-corrected chi connectivity index (χ0v) is 32.6. The maximum atomic E-state index is 14.0. The molecule has 0 radical (unpaired) electrons. The maximum Gasteiger partial charge on any atom is 0.201 e. The van der Waals surface area contributed by atoms with E-state index in [0.29, 0.717) is 0 Å². The number of likely N-dealkylation sites (N-methyl/N-ethyl adjacent to an activating group) is 2. The number of methoxy groups -OCH3 is 2. The summed E-state index contributed by atoms with van der Waals surface area (Å²) in [5.41, 5.74) is -5.70. The summed E-state index contributed by atoms with van der Waals surface area (Å²) >= 11 is 0. The zero-order valence-electron chi connectivity index (χ0n) is 32.6. The molecule has 2 saturated heterocycles. The number of carbonyl (C=O) groups is 3. The molecule has 0 spiro atoms. The number of hydrogen-bond donors (Lipinski definition) is 4. The highest BCUT2D eigenvalue weighted by Gasteiger charge is 2.57. The van der Waals surface area contributed by atoms with Crippen molar-refractivity contribution < 1.29 is 63.2 Å². The minimum absolute atomic E-state index is 0.123. The molecule has 4 N–H and O–H groups in total. The average Bonchev–Trinajstić information content (AvgIpc) is 3.06. The van der Waals surface area contributed by atoms with E-state index in [1.807, 2.05) is 58.8 Å². The molecule has 54 heavy (non-hydrogen) atoms. The zero-order chi connectivity index (χ0) is 40.0. The molecule has 0 aromatic heterocycles. The van der Waals surface area contributed by atoms with Crippen molar-refractivity contribution in [3.63, 3.8) is 0 Å². The van der Waals surface area contributed by atoms with Crippen molar-refractivity contribution in [3.05, 3.63) is 51.6 Å². The minimum Gasteiger partial charge on any atom is -0.507 e. The molecule has 2 aromatic rings. The number of ketones is 3. The van der Waals surface area contributed by atoms with Crippen LogP contribution in [-0.4, -0.2) is 150 Å². The van der Waals surface area contributed by atoms with Gasteiger partial charge in [0.1, 0.15) is 35.6 Å². The van der Waals surface area contributed by atoms with E-state index < -0.39 is 88.1 Å². The van der Waals surface area contributed by atoms with Crippen LogP contribution in [0.5, 0.6) is 17.2 Å². The van der Waals surface area contributed by atoms with Gasteiger partial charge in [0.15, 0.2) is 29.7 Å². The van der Waals surface area contributed by atoms with Gasteiger partial charge in [-0.1, -0.05) is 0 Å². The smallest absolute Gasteiger partial charge is 0.201 e. The Kier molecular flexibility index (Phi) is 10.3. The minimum atomic E-state index is -2.21. The van der Waals surface area contributed by atoms with Crippen molar-refractivity contribution in [1.29, 1.82) is 0 Å². The van der Waals surface area contributed by atoms with Crippen molar-refractivity contribution in [2.75, 3.05) is 42.4 Å². The molecule has 15 nitrogen and oxygen atoms in total. The Labute approximate surface area is 314 Å². The number of fused-ring (bicyclic) bond motifs is 3. The fourth-order valence-electron chi connectivity index (χ4n) is 9.12. The lowest BCUT2D eigenvalue weighted by Crippen LogP contribution is -2.66. The summed E-state index contributed by atoms with van der Waals surface area (Å²) in [6, 6.07) is 3.39. The van der Waals surface area contributed by atoms with Crippen LogP contribution in [-0.2, 0) is 23.7 Å². The first kappa shape index (κ1) is 40.2. The number of hydrogen-bond acceptors (Lipinski definition) is 15. The maximum absolute atomic E-state index is 14.0. The van der Waals surface area contributed by atoms with E-state index in [1.165, 1.54) is 39.3 Å². The number of rotatable bonds is 8. The second-order valence-electron chi connectivity index (χ2n) is 16.0. The van der Waals surface area contributed by atoms with Crippen LogP contribution in [0.4, 0.5) is 0 Å². The van der Waals surface area contributed by atoms with E-state index in [0.717, 1.165) is 0 Å². The predicted octanol–water partition coefficient (Wildman–Crippen LogP) is 2.56. The van der Waals surface area contributed by atoms with E-state index in [2.05, 4.69) is 0 Å². The molecular weight excluding hydrogens is 704 g/mol. The summed E-state index contributed by atoms with van der Waals surface area (Å²) in [6.07, 6.45) is -5.75. The van der Waals surface area contributed by atoms with Gasteiger partial charge < -0.3 is 58.6 Å². The largest absolute Gasteiger partial charge is 0.507 e. The number of ether oxygens (including phenoxy) is 6. The summed E-state index contributed by atoms with van der Waals surface area (Å²) in [7, 11) is 10.2. The third-order valence-electron chi connectivity index (χ3n) is 11.9. The van der Waals surface area contributed by atoms with E-state index in [4.69, 9.17) is 28.4 Å². The Morgan fingerprint density at radius 3 is 1.96 bits per heavy atom. The molecule has 0 unspecified atom stereocenters. The van der Waals surface area contributed by atoms with Crippen molar-refractivity contribution in [2.24, 2.45) is 0 Å². The molecule has 0 bridgehead atoms. The molecular formula is C39H52N2O13. The van der Waals surface area contributed by atoms with Crippen molar-refractivity contribution >= 4 is 17.3 Å². The standard InChI is InChI=1S/C39H52N2O13/c1-17-33(40(6)7)38(4,47)16-25(51-17)54-35-18(2)52-24(15-37(35,3)41(8)9)53-32-28-22(34(46)39(5,48)36(32)50-11)14-21-27(31(28)45)30(44)26-20(29(21)43)12-19(49-10)13-23(26)42/h12-14,17-18,24-25,32-33,35-36,42,45,47-48H,15-16H2,1-11H3/t17-,18-,24-,25-,32+,33+,35+,36-,37-,38-,39+/m0/s1. The topological polar surface area (TPSA) is 194 Å². The first-order chi connectivity index (χ1) is 25.1. The molecule has 11 atom stereocenters. The molecule has 296 valence electrons. The highest BCUT2D eigenvalue weighted by Crippen LogP contribution is 2.50. The van der Waals surface area contributed by atoms with Gasteiger partial charge in [-0.15, -0.1) is 0 Å². The number of aromatic hydroxyl groups is 2. The molecule has 4 aliphatic rings. The van der Waals surface area contributed by atoms with E-state index >= 15 is 0 Å². The summed E-state index contributed by atoms with van der Waals surface area (Å²) in [4.78, 5) is 45.6. The van der Waals surface area contributed by atoms with Crippen LogP contribution in [0.2, 0.25) is 0 Å². The van der Waals surface area contributed by atoms with Crippen molar-refractivity contribution in [2.45, 2.75) is 113 Å². The van der Waals surface area contributed by atoms with Crippen LogP contribution < -0.4 is 4.74 Å². The fraction of sp³-hybridized carbons (Fsp3) is 0.615. The van der Waals surface area contributed by atoms with E-state index in [-0.39, 0.29) is 58.6 Å². The summed E-state index contributed by atoms with van der Waals surface area (Å²) in [5.74, 6) is -3.57. The van der Waals surface area contributed by atoms with Crippen molar-refractivity contribution in [3.8, 4) is 17.2 Å². The summed E-state index contributed by atoms with van der Waals surface area (Å²) in [5, 5.41) is 45.8. The molecule has 2 aliphatic heterocycles. The Hall–Kier alpha value is -3.51. The van der Waals surface area contributed by atoms with Gasteiger partial charge in [0.25, 0.3) is 0 Å². The third kappa shape index (κ3) is 6.23. The Morgan fingerprint density at radius 2 is 1.39 bits per heavy atom. The average molecular weight is 757 g/mol. The van der Waals surface area contributed by atoms with Crippen LogP contribution in [0, 0.1) is 0 Å². The first-order valence-corrected chi connectivity index (χ1v) is 18.0. The van der Waals surface area contributed by atoms with E-state index in [1.54, 1.807) is 6.92 Å². The first-order valence-electron chi connectivity index (χ1n) is 18.0. The van der Waals surface area contributed by atoms with Gasteiger partial charge in [0.2, 0.25) is 5.78 Å². The Bertz CT molecular complexity index is 1860. The predicted molar refractivity (Wildman–Crippen MR) is 192 cm³/mol. The number of nitrogens with zero attached hydrogens (tertiary/aromatic N) is 2. The number of Topliss-reactive ketones (excluding diaryl/α,β-unsaturated/α-hetero) is 1. The summed E-state index contributed by atoms with van der Waals surface area (Å²) < 4.78 is 36.8. The molecule has 2 aromatic carbocycles. The third-order valence-corrected chi connectivity index (χ3v) is 11.9. The Balaban J connectivity index is 1.37. The van der Waals surface area contributed by atoms with Gasteiger partial charge >= 0.3 is 0 Å². The molecule has 6 rings (SSSR count). The fourth-order valence-corrected chi connectivity index (χ4v) is 9.12. The van der Waals surface area contributed by atoms with Gasteiger partial charge in [-0.3, -0.25) is 14.4 Å². The van der Waals surface area contributed by atoms with E-state index in [9.17, 15) is 34.8 Å². The number of phenols is 2. The summed E-state index contributed by atoms with van der Waals surface area (Å²) in [6.45, 7) is 8.70. The normalized spacial score (nSPS) is 36.6. The second kappa shape index (κ2) is 13.9. The van der Waals surface area contributed by atoms with Gasteiger partial charge in [-0.2, -0.15) is 0 Å². The van der Waals surface area contributed by atoms with Crippen LogP contribution >= 0.6 is 0 Å². The van der Waals surface area contributed by atoms with Gasteiger partial charge in [0.05, 0.1) is 47.6 Å². The van der Waals surface area contributed by atoms with Crippen LogP contribution in [0.3, 0.4) is 0 Å². The SMILES string of the molecule is COc1cc(O)c2c(c1)C(=O)c1cc3c(c(O)c1C2=O)[C@@H](O[C@H]1C[C@](C)(N(C)C)[C@H](O[C@H]2C[C@](C)(O)[C@H](N(C)C)[C@H](C)O2)[C@H](C)O1)[C@H](OC)[C@](C)(O)C3=O. The number of benzene rings is 2. The lowest BCUT2D eigenvalue weighted by Gasteiger charge is -2.54. The number of phenolic OH excluding ortho intramolecular Hbond substituents is 2. The number of carbonyl (C=O) groups excluding carboxylic acids is 3. The lowest BCUT2D eigenvalue weighted by atomic mass is 9.72. The van der Waals surface area contributed by atoms with Gasteiger partial charge in [0, 0.05) is 48.3 Å². The molecule has 2 heterocycles. The molecule has 15 heteroatoms. The highest BCUT2D eigenvalue weighted by atomic mass is 16.7. The monoisotopic (exact) mass is 756 g/mol. The van der Waals surface area contributed by atoms with Crippen LogP contribution in [0.1, 0.15) is 101 Å². The van der Waals surface area contributed by atoms with Gasteiger partial charge in [-0.05, 0) is 74.9 Å².